The van der Waals surface area contributed by atoms with Gasteiger partial charge in [-0.1, -0.05) is 31.5 Å². The normalized spacial score (nSPS) is 10.1. The van der Waals surface area contributed by atoms with Gasteiger partial charge in [0.25, 0.3) is 0 Å². The molecule has 0 heterocycles. The highest BCUT2D eigenvalue weighted by Gasteiger charge is 2.18. The van der Waals surface area contributed by atoms with E-state index in [4.69, 9.17) is 4.74 Å². The molecule has 0 fully saturated rings. The van der Waals surface area contributed by atoms with Crippen molar-refractivity contribution in [1.82, 2.24) is 0 Å². The van der Waals surface area contributed by atoms with Crippen molar-refractivity contribution in [3.05, 3.63) is 29.8 Å². The molecule has 0 bridgehead atoms. The molecule has 112 valence electrons. The van der Waals surface area contributed by atoms with Crippen LogP contribution in [0.1, 0.15) is 46.6 Å². The summed E-state index contributed by atoms with van der Waals surface area (Å²) in [5, 5.41) is 2.65. The Morgan fingerprint density at radius 2 is 1.60 bits per heavy atom. The highest BCUT2D eigenvalue weighted by molar-refractivity contribution is 6.01. The number of amides is 1. The average molecular weight is 279 g/mol. The van der Waals surface area contributed by atoms with Crippen molar-refractivity contribution in [3.8, 4) is 0 Å². The molecule has 1 aromatic carbocycles. The molecule has 0 saturated carbocycles. The van der Waals surface area contributed by atoms with Crippen molar-refractivity contribution < 1.29 is 14.3 Å². The summed E-state index contributed by atoms with van der Waals surface area (Å²) in [4.78, 5) is 23.0. The van der Waals surface area contributed by atoms with E-state index in [0.29, 0.717) is 5.69 Å². The first-order chi connectivity index (χ1) is 9.26. The third-order valence-corrected chi connectivity index (χ3v) is 2.06. The highest BCUT2D eigenvalue weighted by Crippen LogP contribution is 2.11. The summed E-state index contributed by atoms with van der Waals surface area (Å²) < 4.78 is 5.07. The second-order valence-electron chi connectivity index (χ2n) is 5.18. The van der Waals surface area contributed by atoms with Gasteiger partial charge in [0.15, 0.2) is 0 Å². The lowest BCUT2D eigenvalue weighted by atomic mass is 10.2. The van der Waals surface area contributed by atoms with Crippen LogP contribution in [0.5, 0.6) is 0 Å². The monoisotopic (exact) mass is 279 g/mol. The molecule has 0 aromatic heterocycles. The van der Waals surface area contributed by atoms with Gasteiger partial charge >= 0.3 is 5.97 Å². The lowest BCUT2D eigenvalue weighted by molar-refractivity contribution is -0.155. The summed E-state index contributed by atoms with van der Waals surface area (Å²) in [5.74, 6) is -0.889. The molecule has 0 atom stereocenters. The molecule has 0 aliphatic rings. The summed E-state index contributed by atoms with van der Waals surface area (Å²) in [6, 6.07) is 7.37. The fourth-order valence-electron chi connectivity index (χ4n) is 1.35. The van der Waals surface area contributed by atoms with Gasteiger partial charge in [-0.15, -0.1) is 0 Å². The van der Waals surface area contributed by atoms with E-state index < -0.39 is 11.6 Å². The molecule has 0 unspecified atom stereocenters. The van der Waals surface area contributed by atoms with Crippen molar-refractivity contribution >= 4 is 17.6 Å². The molecular formula is C16H25NO3. The standard InChI is InChI=1S/C14H19NO3.C2H6/c1-10-5-7-11(8-6-10)15-12(16)9-13(17)18-14(2,3)4;1-2/h5-8H,9H2,1-4H3,(H,15,16);1-2H3. The molecule has 1 aromatic rings. The smallest absolute Gasteiger partial charge is 0.315 e. The summed E-state index contributed by atoms with van der Waals surface area (Å²) >= 11 is 0. The van der Waals surface area contributed by atoms with Crippen LogP contribution in [0, 0.1) is 6.92 Å². The van der Waals surface area contributed by atoms with E-state index in [2.05, 4.69) is 5.32 Å². The molecule has 0 aliphatic heterocycles. The van der Waals surface area contributed by atoms with E-state index in [1.165, 1.54) is 0 Å². The second-order valence-corrected chi connectivity index (χ2v) is 5.18. The van der Waals surface area contributed by atoms with Crippen molar-refractivity contribution in [2.24, 2.45) is 0 Å². The molecule has 1 N–H and O–H groups in total. The predicted octanol–water partition coefficient (Wildman–Crippen LogP) is 3.69. The Hall–Kier alpha value is -1.84. The number of rotatable bonds is 3. The quantitative estimate of drug-likeness (QED) is 0.678. The number of benzene rings is 1. The lowest BCUT2D eigenvalue weighted by Gasteiger charge is -2.19. The van der Waals surface area contributed by atoms with Crippen molar-refractivity contribution in [1.29, 1.82) is 0 Å². The van der Waals surface area contributed by atoms with Gasteiger partial charge in [-0.3, -0.25) is 9.59 Å². The number of hydrogen-bond donors (Lipinski definition) is 1. The van der Waals surface area contributed by atoms with E-state index in [1.807, 2.05) is 32.9 Å². The minimum Gasteiger partial charge on any atom is -0.460 e. The van der Waals surface area contributed by atoms with Crippen LogP contribution in [0.4, 0.5) is 5.69 Å². The first-order valence-corrected chi connectivity index (χ1v) is 6.84. The Bertz CT molecular complexity index is 430. The molecule has 4 nitrogen and oxygen atoms in total. The second kappa shape index (κ2) is 8.35. The van der Waals surface area contributed by atoms with Crippen molar-refractivity contribution in [3.63, 3.8) is 0 Å². The van der Waals surface area contributed by atoms with E-state index in [-0.39, 0.29) is 12.3 Å². The lowest BCUT2D eigenvalue weighted by Crippen LogP contribution is -2.27. The van der Waals surface area contributed by atoms with Gasteiger partial charge in [-0.25, -0.2) is 0 Å². The van der Waals surface area contributed by atoms with Crippen LogP contribution in [-0.2, 0) is 14.3 Å². The average Bonchev–Trinajstić information content (AvgIpc) is 2.32. The molecule has 4 heteroatoms. The highest BCUT2D eigenvalue weighted by atomic mass is 16.6. The van der Waals surface area contributed by atoms with Gasteiger partial charge in [-0.2, -0.15) is 0 Å². The SMILES string of the molecule is CC.Cc1ccc(NC(=O)CC(=O)OC(C)(C)C)cc1. The maximum Gasteiger partial charge on any atom is 0.315 e. The van der Waals surface area contributed by atoms with Crippen LogP contribution in [0.15, 0.2) is 24.3 Å². The molecular weight excluding hydrogens is 254 g/mol. The number of nitrogens with one attached hydrogen (secondary N) is 1. The van der Waals surface area contributed by atoms with Crippen LogP contribution < -0.4 is 5.32 Å². The number of carbonyl (C=O) groups excluding carboxylic acids is 2. The number of carbonyl (C=O) groups is 2. The molecule has 1 amide bonds. The van der Waals surface area contributed by atoms with Crippen LogP contribution in [0.2, 0.25) is 0 Å². The van der Waals surface area contributed by atoms with E-state index >= 15 is 0 Å². The fourth-order valence-corrected chi connectivity index (χ4v) is 1.35. The largest absolute Gasteiger partial charge is 0.460 e. The van der Waals surface area contributed by atoms with Gasteiger partial charge in [-0.05, 0) is 39.8 Å². The molecule has 0 saturated heterocycles. The van der Waals surface area contributed by atoms with Crippen molar-refractivity contribution in [2.75, 3.05) is 5.32 Å². The number of anilines is 1. The van der Waals surface area contributed by atoms with Crippen molar-refractivity contribution in [2.45, 2.75) is 53.6 Å². The molecule has 20 heavy (non-hydrogen) atoms. The zero-order valence-electron chi connectivity index (χ0n) is 13.2. The van der Waals surface area contributed by atoms with Gasteiger partial charge in [0, 0.05) is 5.69 Å². The summed E-state index contributed by atoms with van der Waals surface area (Å²) in [7, 11) is 0. The minimum atomic E-state index is -0.568. The predicted molar refractivity (Wildman–Crippen MR) is 81.6 cm³/mol. The first-order valence-electron chi connectivity index (χ1n) is 6.84. The molecule has 1 rings (SSSR count). The fraction of sp³-hybridized carbons (Fsp3) is 0.500. The van der Waals surface area contributed by atoms with Crippen LogP contribution in [0.3, 0.4) is 0 Å². The maximum atomic E-state index is 11.6. The maximum absolute atomic E-state index is 11.6. The van der Waals surface area contributed by atoms with Gasteiger partial charge < -0.3 is 10.1 Å². The molecule has 0 radical (unpaired) electrons. The third-order valence-electron chi connectivity index (χ3n) is 2.06. The topological polar surface area (TPSA) is 55.4 Å². The Morgan fingerprint density at radius 1 is 1.10 bits per heavy atom. The number of ether oxygens (including phenoxy) is 1. The van der Waals surface area contributed by atoms with Crippen LogP contribution >= 0.6 is 0 Å². The molecule has 0 aliphatic carbocycles. The minimum absolute atomic E-state index is 0.273. The summed E-state index contributed by atoms with van der Waals surface area (Å²) in [6.45, 7) is 11.3. The van der Waals surface area contributed by atoms with Gasteiger partial charge in [0.05, 0.1) is 0 Å². The Balaban J connectivity index is 0.00000172. The number of hydrogen-bond acceptors (Lipinski definition) is 3. The summed E-state index contributed by atoms with van der Waals surface area (Å²) in [6.07, 6.45) is -0.273. The molecule has 0 spiro atoms. The zero-order chi connectivity index (χ0) is 15.8. The Kier molecular flexibility index (Phi) is 7.59. The van der Waals surface area contributed by atoms with Gasteiger partial charge in [0.1, 0.15) is 12.0 Å². The van der Waals surface area contributed by atoms with Crippen LogP contribution in [0.25, 0.3) is 0 Å². The van der Waals surface area contributed by atoms with Gasteiger partial charge in [0.2, 0.25) is 5.91 Å². The summed E-state index contributed by atoms with van der Waals surface area (Å²) in [5.41, 5.74) is 1.22. The number of esters is 1. The first kappa shape index (κ1) is 18.2. The Labute approximate surface area is 121 Å². The van der Waals surface area contributed by atoms with Crippen LogP contribution in [-0.4, -0.2) is 17.5 Å². The zero-order valence-corrected chi connectivity index (χ0v) is 13.2. The van der Waals surface area contributed by atoms with E-state index in [0.717, 1.165) is 5.56 Å². The Morgan fingerprint density at radius 3 is 2.05 bits per heavy atom. The van der Waals surface area contributed by atoms with E-state index in [1.54, 1.807) is 32.9 Å². The third kappa shape index (κ3) is 8.29. The number of aryl methyl sites for hydroxylation is 1. The van der Waals surface area contributed by atoms with E-state index in [9.17, 15) is 9.59 Å².